The Bertz CT molecular complexity index is 778. The van der Waals surface area contributed by atoms with Gasteiger partial charge in [0.05, 0.1) is 13.7 Å². The van der Waals surface area contributed by atoms with Gasteiger partial charge in [-0.2, -0.15) is 0 Å². The van der Waals surface area contributed by atoms with Gasteiger partial charge in [-0.3, -0.25) is 0 Å². The molecule has 2 aromatic rings. The van der Waals surface area contributed by atoms with E-state index in [1.165, 1.54) is 11.6 Å². The average molecular weight is 383 g/mol. The van der Waals surface area contributed by atoms with Crippen LogP contribution in [0.2, 0.25) is 38.8 Å². The van der Waals surface area contributed by atoms with Crippen LogP contribution in [0.25, 0.3) is 0 Å². The maximum absolute atomic E-state index is 6.88. The van der Waals surface area contributed by atoms with Crippen molar-refractivity contribution in [2.75, 3.05) is 0 Å². The molecule has 0 saturated carbocycles. The Kier molecular flexibility index (Phi) is 4.87. The molecule has 1 nitrogen and oxygen atoms in total. The van der Waals surface area contributed by atoms with Crippen LogP contribution in [-0.2, 0) is 15.4 Å². The van der Waals surface area contributed by atoms with Crippen molar-refractivity contribution in [2.24, 2.45) is 0 Å². The van der Waals surface area contributed by atoms with Crippen LogP contribution >= 0.6 is 0 Å². The largest absolute Gasteiger partial charge is 0.408 e. The standard InChI is InChI=1S/C23H34OSi2/c1-22(18-26(6,7)21-16-12-11-15-20(21)22)17-23(2,24-25(3,4)5)19-13-9-8-10-14-19/h8-16H,17-18H2,1-7H3. The maximum atomic E-state index is 6.88. The Hall–Kier alpha value is -1.17. The molecule has 1 aliphatic heterocycles. The molecule has 3 heteroatoms. The SMILES string of the molecule is CC1(CC(C)(O[Si](C)(C)C)c2ccccc2)C[Si](C)(C)c2ccccc21. The van der Waals surface area contributed by atoms with Crippen molar-refractivity contribution in [1.82, 2.24) is 0 Å². The zero-order valence-electron chi connectivity index (χ0n) is 17.5. The van der Waals surface area contributed by atoms with Crippen LogP contribution in [0, 0.1) is 0 Å². The molecule has 0 aromatic heterocycles. The van der Waals surface area contributed by atoms with Crippen molar-refractivity contribution in [3.63, 3.8) is 0 Å². The van der Waals surface area contributed by atoms with E-state index in [2.05, 4.69) is 101 Å². The second-order valence-corrected chi connectivity index (χ2v) is 19.2. The van der Waals surface area contributed by atoms with Crippen molar-refractivity contribution in [3.8, 4) is 0 Å². The molecular formula is C23H34OSi2. The monoisotopic (exact) mass is 382 g/mol. The lowest BCUT2D eigenvalue weighted by Crippen LogP contribution is -2.43. The van der Waals surface area contributed by atoms with Gasteiger partial charge in [-0.05, 0) is 55.6 Å². The van der Waals surface area contributed by atoms with E-state index in [0.717, 1.165) is 6.42 Å². The third-order valence-corrected chi connectivity index (χ3v) is 10.4. The minimum atomic E-state index is -1.70. The second kappa shape index (κ2) is 6.47. The molecule has 0 N–H and O–H groups in total. The molecule has 0 fully saturated rings. The number of benzene rings is 2. The summed E-state index contributed by atoms with van der Waals surface area (Å²) in [6.07, 6.45) is 1.04. The van der Waals surface area contributed by atoms with Crippen molar-refractivity contribution < 1.29 is 4.43 Å². The summed E-state index contributed by atoms with van der Waals surface area (Å²) in [6, 6.07) is 21.4. The molecule has 2 aromatic carbocycles. The van der Waals surface area contributed by atoms with E-state index in [1.807, 2.05) is 0 Å². The van der Waals surface area contributed by atoms with E-state index >= 15 is 0 Å². The number of hydrogen-bond donors (Lipinski definition) is 0. The minimum absolute atomic E-state index is 0.177. The maximum Gasteiger partial charge on any atom is 0.184 e. The van der Waals surface area contributed by atoms with Crippen LogP contribution < -0.4 is 5.19 Å². The zero-order chi connectivity index (χ0) is 19.2. The van der Waals surface area contributed by atoms with Crippen LogP contribution in [0.15, 0.2) is 54.6 Å². The normalized spacial score (nSPS) is 24.1. The lowest BCUT2D eigenvalue weighted by molar-refractivity contribution is 0.0475. The molecule has 2 unspecified atom stereocenters. The first-order valence-electron chi connectivity index (χ1n) is 9.81. The van der Waals surface area contributed by atoms with Gasteiger partial charge in [0.15, 0.2) is 8.32 Å². The molecule has 26 heavy (non-hydrogen) atoms. The summed E-state index contributed by atoms with van der Waals surface area (Å²) in [7, 11) is -3.10. The van der Waals surface area contributed by atoms with Crippen molar-refractivity contribution in [1.29, 1.82) is 0 Å². The lowest BCUT2D eigenvalue weighted by atomic mass is 9.74. The summed E-state index contributed by atoms with van der Waals surface area (Å²) in [5, 5.41) is 1.64. The topological polar surface area (TPSA) is 9.23 Å². The number of fused-ring (bicyclic) bond motifs is 1. The molecule has 0 radical (unpaired) electrons. The highest BCUT2D eigenvalue weighted by molar-refractivity contribution is 6.91. The molecule has 1 aliphatic rings. The lowest BCUT2D eigenvalue weighted by Gasteiger charge is -2.43. The van der Waals surface area contributed by atoms with E-state index in [9.17, 15) is 0 Å². The van der Waals surface area contributed by atoms with Crippen LogP contribution in [0.4, 0.5) is 0 Å². The predicted octanol–water partition coefficient (Wildman–Crippen LogP) is 6.03. The molecule has 3 rings (SSSR count). The van der Waals surface area contributed by atoms with Gasteiger partial charge in [0.2, 0.25) is 0 Å². The van der Waals surface area contributed by atoms with Crippen molar-refractivity contribution in [2.45, 2.75) is 70.1 Å². The highest BCUT2D eigenvalue weighted by Crippen LogP contribution is 2.48. The van der Waals surface area contributed by atoms with Crippen molar-refractivity contribution >= 4 is 21.6 Å². The second-order valence-electron chi connectivity index (χ2n) is 10.2. The molecular weight excluding hydrogens is 348 g/mol. The fourth-order valence-corrected chi connectivity index (χ4v) is 11.0. The summed E-state index contributed by atoms with van der Waals surface area (Å²) < 4.78 is 6.88. The Balaban J connectivity index is 2.05. The van der Waals surface area contributed by atoms with Gasteiger partial charge in [0.25, 0.3) is 0 Å². The van der Waals surface area contributed by atoms with Gasteiger partial charge < -0.3 is 4.43 Å². The molecule has 140 valence electrons. The van der Waals surface area contributed by atoms with E-state index < -0.39 is 16.4 Å². The summed E-state index contributed by atoms with van der Waals surface area (Å²) >= 11 is 0. The van der Waals surface area contributed by atoms with E-state index in [1.54, 1.807) is 10.8 Å². The first-order chi connectivity index (χ1) is 12.0. The van der Waals surface area contributed by atoms with Crippen LogP contribution in [0.1, 0.15) is 31.4 Å². The fraction of sp³-hybridized carbons (Fsp3) is 0.478. The Labute approximate surface area is 161 Å². The molecule has 0 bridgehead atoms. The average Bonchev–Trinajstić information content (AvgIpc) is 2.73. The smallest absolute Gasteiger partial charge is 0.184 e. The quantitative estimate of drug-likeness (QED) is 0.574. The summed E-state index contributed by atoms with van der Waals surface area (Å²) in [4.78, 5) is 0. The zero-order valence-corrected chi connectivity index (χ0v) is 19.5. The van der Waals surface area contributed by atoms with Crippen LogP contribution in [-0.4, -0.2) is 16.4 Å². The Morgan fingerprint density at radius 3 is 2.19 bits per heavy atom. The molecule has 0 spiro atoms. The highest BCUT2D eigenvalue weighted by Gasteiger charge is 2.49. The summed E-state index contributed by atoms with van der Waals surface area (Å²) in [5.74, 6) is 0. The third-order valence-electron chi connectivity index (χ3n) is 5.78. The van der Waals surface area contributed by atoms with Crippen LogP contribution in [0.3, 0.4) is 0 Å². The van der Waals surface area contributed by atoms with Gasteiger partial charge >= 0.3 is 0 Å². The Morgan fingerprint density at radius 1 is 1.00 bits per heavy atom. The van der Waals surface area contributed by atoms with E-state index in [4.69, 9.17) is 4.43 Å². The molecule has 1 heterocycles. The fourth-order valence-electron chi connectivity index (χ4n) is 5.33. The van der Waals surface area contributed by atoms with E-state index in [-0.39, 0.29) is 11.0 Å². The van der Waals surface area contributed by atoms with Gasteiger partial charge in [0, 0.05) is 0 Å². The predicted molar refractivity (Wildman–Crippen MR) is 119 cm³/mol. The molecule has 0 saturated heterocycles. The first kappa shape index (κ1) is 19.6. The van der Waals surface area contributed by atoms with Gasteiger partial charge in [-0.25, -0.2) is 0 Å². The third kappa shape index (κ3) is 3.76. The Morgan fingerprint density at radius 2 is 1.58 bits per heavy atom. The number of rotatable bonds is 5. The van der Waals surface area contributed by atoms with Gasteiger partial charge in [-0.15, -0.1) is 0 Å². The molecule has 0 aliphatic carbocycles. The number of hydrogen-bond acceptors (Lipinski definition) is 1. The minimum Gasteiger partial charge on any atom is -0.408 e. The molecule has 0 amide bonds. The summed E-state index contributed by atoms with van der Waals surface area (Å²) in [5.41, 5.74) is 2.81. The summed E-state index contributed by atoms with van der Waals surface area (Å²) in [6.45, 7) is 16.8. The van der Waals surface area contributed by atoms with E-state index in [0.29, 0.717) is 0 Å². The van der Waals surface area contributed by atoms with Gasteiger partial charge in [0.1, 0.15) is 0 Å². The van der Waals surface area contributed by atoms with Crippen molar-refractivity contribution in [3.05, 3.63) is 65.7 Å². The van der Waals surface area contributed by atoms with Gasteiger partial charge in [-0.1, -0.05) is 79.8 Å². The van der Waals surface area contributed by atoms with Crippen LogP contribution in [0.5, 0.6) is 0 Å². The highest BCUT2D eigenvalue weighted by atomic mass is 28.4. The molecule has 2 atom stereocenters. The first-order valence-corrected chi connectivity index (χ1v) is 16.4.